The number of nitrogens with zero attached hydrogens (tertiary/aromatic N) is 2. The van der Waals surface area contributed by atoms with E-state index in [2.05, 4.69) is 21.0 Å². The lowest BCUT2D eigenvalue weighted by Crippen LogP contribution is -2.06. The van der Waals surface area contributed by atoms with Gasteiger partial charge in [0.2, 0.25) is 0 Å². The maximum absolute atomic E-state index is 13.2. The smallest absolute Gasteiger partial charge is 0.166 e. The van der Waals surface area contributed by atoms with Gasteiger partial charge in [-0.3, -0.25) is 9.48 Å². The molecule has 0 radical (unpaired) electrons. The van der Waals surface area contributed by atoms with Crippen LogP contribution in [0.15, 0.2) is 22.7 Å². The highest BCUT2D eigenvalue weighted by Gasteiger charge is 2.17. The second-order valence-electron chi connectivity index (χ2n) is 4.73. The third-order valence-electron chi connectivity index (χ3n) is 3.30. The zero-order valence-electron chi connectivity index (χ0n) is 11.7. The van der Waals surface area contributed by atoms with Crippen LogP contribution in [0.2, 0.25) is 0 Å². The van der Waals surface area contributed by atoms with Crippen LogP contribution in [0.4, 0.5) is 4.39 Å². The van der Waals surface area contributed by atoms with Crippen LogP contribution in [0.3, 0.4) is 0 Å². The van der Waals surface area contributed by atoms with E-state index < -0.39 is 0 Å². The molecule has 0 atom stereocenters. The van der Waals surface area contributed by atoms with Crippen LogP contribution in [0, 0.1) is 19.7 Å². The first-order valence-electron chi connectivity index (χ1n) is 6.45. The van der Waals surface area contributed by atoms with Crippen LogP contribution in [0.1, 0.15) is 40.7 Å². The molecule has 106 valence electrons. The molecule has 3 nitrogen and oxygen atoms in total. The Labute approximate surface area is 125 Å². The van der Waals surface area contributed by atoms with E-state index in [0.29, 0.717) is 23.0 Å². The van der Waals surface area contributed by atoms with Crippen molar-refractivity contribution in [3.8, 4) is 0 Å². The average Bonchev–Trinajstić information content (AvgIpc) is 2.68. The van der Waals surface area contributed by atoms with E-state index in [1.54, 1.807) is 16.8 Å². The molecule has 0 aliphatic rings. The van der Waals surface area contributed by atoms with Crippen LogP contribution >= 0.6 is 15.9 Å². The van der Waals surface area contributed by atoms with E-state index in [1.807, 2.05) is 20.8 Å². The van der Waals surface area contributed by atoms with Gasteiger partial charge in [0, 0.05) is 12.1 Å². The molecule has 5 heteroatoms. The summed E-state index contributed by atoms with van der Waals surface area (Å²) in [5.74, 6) is -0.185. The molecule has 20 heavy (non-hydrogen) atoms. The molecule has 2 rings (SSSR count). The first-order valence-corrected chi connectivity index (χ1v) is 7.24. The molecule has 0 bridgehead atoms. The highest BCUT2D eigenvalue weighted by molar-refractivity contribution is 9.10. The molecule has 0 N–H and O–H groups in total. The highest BCUT2D eigenvalue weighted by atomic mass is 79.9. The van der Waals surface area contributed by atoms with Gasteiger partial charge in [-0.1, -0.05) is 13.0 Å². The van der Waals surface area contributed by atoms with Crippen molar-refractivity contribution < 1.29 is 9.18 Å². The summed E-state index contributed by atoms with van der Waals surface area (Å²) in [5, 5.41) is 4.41. The Kier molecular flexibility index (Phi) is 4.38. The van der Waals surface area contributed by atoms with Gasteiger partial charge >= 0.3 is 0 Å². The van der Waals surface area contributed by atoms with Crippen molar-refractivity contribution in [2.75, 3.05) is 0 Å². The Morgan fingerprint density at radius 3 is 2.70 bits per heavy atom. The van der Waals surface area contributed by atoms with Crippen molar-refractivity contribution in [3.63, 3.8) is 0 Å². The monoisotopic (exact) mass is 338 g/mol. The summed E-state index contributed by atoms with van der Waals surface area (Å²) in [5.41, 5.74) is 3.23. The highest BCUT2D eigenvalue weighted by Crippen LogP contribution is 2.20. The second kappa shape index (κ2) is 5.87. The standard InChI is InChI=1S/C15H16BrFN2O/c1-4-14(20)15-9(2)18-19(10(15)3)8-11-5-6-13(17)12(16)7-11/h5-7H,4,8H2,1-3H3. The lowest BCUT2D eigenvalue weighted by molar-refractivity contribution is 0.0987. The molecule has 0 unspecified atom stereocenters. The summed E-state index contributed by atoms with van der Waals surface area (Å²) in [7, 11) is 0. The number of rotatable bonds is 4. The van der Waals surface area contributed by atoms with Crippen molar-refractivity contribution in [2.45, 2.75) is 33.7 Å². The molecule has 0 saturated heterocycles. The van der Waals surface area contributed by atoms with Gasteiger partial charge in [-0.2, -0.15) is 5.10 Å². The molecular weight excluding hydrogens is 323 g/mol. The summed E-state index contributed by atoms with van der Waals surface area (Å²) in [6, 6.07) is 4.87. The molecule has 0 aliphatic heterocycles. The normalized spacial score (nSPS) is 10.8. The average molecular weight is 339 g/mol. The third-order valence-corrected chi connectivity index (χ3v) is 3.91. The van der Waals surface area contributed by atoms with Gasteiger partial charge in [0.1, 0.15) is 5.82 Å². The third kappa shape index (κ3) is 2.82. The minimum absolute atomic E-state index is 0.103. The number of hydrogen-bond donors (Lipinski definition) is 0. The maximum Gasteiger partial charge on any atom is 0.166 e. The molecule has 0 fully saturated rings. The molecule has 2 aromatic rings. The van der Waals surface area contributed by atoms with Crippen molar-refractivity contribution in [1.82, 2.24) is 9.78 Å². The SMILES string of the molecule is CCC(=O)c1c(C)nn(Cc2ccc(F)c(Br)c2)c1C. The van der Waals surface area contributed by atoms with E-state index in [1.165, 1.54) is 6.07 Å². The van der Waals surface area contributed by atoms with E-state index in [9.17, 15) is 9.18 Å². The second-order valence-corrected chi connectivity index (χ2v) is 5.58. The molecule has 0 saturated carbocycles. The number of benzene rings is 1. The van der Waals surface area contributed by atoms with Gasteiger partial charge in [0.25, 0.3) is 0 Å². The van der Waals surface area contributed by atoms with Gasteiger partial charge < -0.3 is 0 Å². The van der Waals surface area contributed by atoms with E-state index in [-0.39, 0.29) is 11.6 Å². The summed E-state index contributed by atoms with van der Waals surface area (Å²) in [4.78, 5) is 11.9. The van der Waals surface area contributed by atoms with Crippen LogP contribution in [0.25, 0.3) is 0 Å². The molecule has 0 amide bonds. The molecular formula is C15H16BrFN2O. The fraction of sp³-hybridized carbons (Fsp3) is 0.333. The minimum Gasteiger partial charge on any atom is -0.294 e. The number of halogens is 2. The van der Waals surface area contributed by atoms with Crippen LogP contribution in [0.5, 0.6) is 0 Å². The molecule has 1 heterocycles. The summed E-state index contributed by atoms with van der Waals surface area (Å²) in [6.07, 6.45) is 0.468. The van der Waals surface area contributed by atoms with Gasteiger partial charge in [0.15, 0.2) is 5.78 Å². The van der Waals surface area contributed by atoms with Crippen molar-refractivity contribution >= 4 is 21.7 Å². The summed E-state index contributed by atoms with van der Waals surface area (Å²) in [6.45, 7) is 6.09. The number of Topliss-reactive ketones (excluding diaryl/α,β-unsaturated/α-hetero) is 1. The van der Waals surface area contributed by atoms with Gasteiger partial charge in [-0.15, -0.1) is 0 Å². The Morgan fingerprint density at radius 1 is 1.40 bits per heavy atom. The Bertz CT molecular complexity index is 664. The largest absolute Gasteiger partial charge is 0.294 e. The van der Waals surface area contributed by atoms with E-state index >= 15 is 0 Å². The number of aryl methyl sites for hydroxylation is 1. The lowest BCUT2D eigenvalue weighted by atomic mass is 10.1. The summed E-state index contributed by atoms with van der Waals surface area (Å²) < 4.78 is 15.4. The minimum atomic E-state index is -0.288. The van der Waals surface area contributed by atoms with Gasteiger partial charge in [-0.25, -0.2) is 4.39 Å². The number of carbonyl (C=O) groups is 1. The first-order chi connectivity index (χ1) is 9.43. The predicted molar refractivity (Wildman–Crippen MR) is 79.5 cm³/mol. The number of aromatic nitrogens is 2. The van der Waals surface area contributed by atoms with Gasteiger partial charge in [0.05, 0.1) is 22.3 Å². The topological polar surface area (TPSA) is 34.9 Å². The van der Waals surface area contributed by atoms with Gasteiger partial charge in [-0.05, 0) is 47.5 Å². The van der Waals surface area contributed by atoms with E-state index in [4.69, 9.17) is 0 Å². The summed E-state index contributed by atoms with van der Waals surface area (Å²) >= 11 is 3.17. The Hall–Kier alpha value is -1.49. The zero-order valence-corrected chi connectivity index (χ0v) is 13.3. The molecule has 1 aromatic heterocycles. The Morgan fingerprint density at radius 2 is 2.10 bits per heavy atom. The molecule has 0 aliphatic carbocycles. The fourth-order valence-corrected chi connectivity index (χ4v) is 2.67. The number of carbonyl (C=O) groups excluding carboxylic acids is 1. The molecule has 1 aromatic carbocycles. The fourth-order valence-electron chi connectivity index (χ4n) is 2.24. The van der Waals surface area contributed by atoms with Crippen LogP contribution in [-0.2, 0) is 6.54 Å². The van der Waals surface area contributed by atoms with Crippen molar-refractivity contribution in [1.29, 1.82) is 0 Å². The predicted octanol–water partition coefficient (Wildman–Crippen LogP) is 4.04. The van der Waals surface area contributed by atoms with Crippen LogP contribution in [-0.4, -0.2) is 15.6 Å². The number of hydrogen-bond acceptors (Lipinski definition) is 2. The lowest BCUT2D eigenvalue weighted by Gasteiger charge is -2.06. The van der Waals surface area contributed by atoms with Crippen LogP contribution < -0.4 is 0 Å². The Balaban J connectivity index is 2.35. The first kappa shape index (κ1) is 14.9. The molecule has 0 spiro atoms. The van der Waals surface area contributed by atoms with Crippen molar-refractivity contribution in [2.24, 2.45) is 0 Å². The van der Waals surface area contributed by atoms with Crippen molar-refractivity contribution in [3.05, 3.63) is 51.0 Å². The van der Waals surface area contributed by atoms with E-state index in [0.717, 1.165) is 17.0 Å². The quantitative estimate of drug-likeness (QED) is 0.788. The maximum atomic E-state index is 13.2. The zero-order chi connectivity index (χ0) is 14.9. The number of ketones is 1.